The molecule has 15 heavy (non-hydrogen) atoms. The Balaban J connectivity index is 3.37. The van der Waals surface area contributed by atoms with Gasteiger partial charge in [0.25, 0.3) is 6.43 Å². The zero-order valence-corrected chi connectivity index (χ0v) is 8.18. The van der Waals surface area contributed by atoms with Crippen LogP contribution in [0.3, 0.4) is 0 Å². The standard InChI is InChI=1S/C10H9F3O2/c1-5(14)6-3-7(10(12)13)9(15-2)4-8(6)11/h3-4,10H,1-2H3. The Morgan fingerprint density at radius 3 is 2.40 bits per heavy atom. The van der Waals surface area contributed by atoms with E-state index in [4.69, 9.17) is 0 Å². The largest absolute Gasteiger partial charge is 0.496 e. The number of ether oxygens (including phenoxy) is 1. The van der Waals surface area contributed by atoms with Gasteiger partial charge in [-0.15, -0.1) is 0 Å². The van der Waals surface area contributed by atoms with Crippen molar-refractivity contribution in [1.29, 1.82) is 0 Å². The molecule has 1 rings (SSSR count). The average Bonchev–Trinajstić information content (AvgIpc) is 2.16. The zero-order chi connectivity index (χ0) is 11.6. The predicted octanol–water partition coefficient (Wildman–Crippen LogP) is 2.97. The lowest BCUT2D eigenvalue weighted by molar-refractivity contribution is 0.101. The summed E-state index contributed by atoms with van der Waals surface area (Å²) >= 11 is 0. The van der Waals surface area contributed by atoms with Gasteiger partial charge < -0.3 is 4.74 Å². The second-order valence-electron chi connectivity index (χ2n) is 2.93. The van der Waals surface area contributed by atoms with Crippen molar-refractivity contribution in [3.8, 4) is 5.75 Å². The van der Waals surface area contributed by atoms with Gasteiger partial charge in [-0.2, -0.15) is 0 Å². The lowest BCUT2D eigenvalue weighted by atomic mass is 10.1. The summed E-state index contributed by atoms with van der Waals surface area (Å²) in [7, 11) is 1.16. The SMILES string of the molecule is COc1cc(F)c(C(C)=O)cc1C(F)F. The molecule has 0 atom stereocenters. The van der Waals surface area contributed by atoms with Crippen molar-refractivity contribution in [3.63, 3.8) is 0 Å². The fourth-order valence-electron chi connectivity index (χ4n) is 1.19. The van der Waals surface area contributed by atoms with Crippen molar-refractivity contribution in [3.05, 3.63) is 29.1 Å². The molecule has 5 heteroatoms. The lowest BCUT2D eigenvalue weighted by Gasteiger charge is -2.09. The van der Waals surface area contributed by atoms with E-state index in [2.05, 4.69) is 4.74 Å². The van der Waals surface area contributed by atoms with Crippen LogP contribution in [-0.2, 0) is 0 Å². The average molecular weight is 218 g/mol. The van der Waals surface area contributed by atoms with E-state index in [9.17, 15) is 18.0 Å². The first-order chi connectivity index (χ1) is 6.97. The maximum atomic E-state index is 13.2. The molecule has 0 N–H and O–H groups in total. The molecule has 0 bridgehead atoms. The highest BCUT2D eigenvalue weighted by molar-refractivity contribution is 5.94. The van der Waals surface area contributed by atoms with Crippen LogP contribution in [0, 0.1) is 5.82 Å². The second-order valence-corrected chi connectivity index (χ2v) is 2.93. The Bertz CT molecular complexity index is 388. The molecular formula is C10H9F3O2. The first-order valence-corrected chi connectivity index (χ1v) is 4.14. The van der Waals surface area contributed by atoms with Gasteiger partial charge in [0.15, 0.2) is 5.78 Å². The number of hydrogen-bond donors (Lipinski definition) is 0. The van der Waals surface area contributed by atoms with Crippen molar-refractivity contribution in [2.24, 2.45) is 0 Å². The lowest BCUT2D eigenvalue weighted by Crippen LogP contribution is -2.02. The molecule has 0 aliphatic heterocycles. The van der Waals surface area contributed by atoms with Gasteiger partial charge in [-0.05, 0) is 13.0 Å². The second kappa shape index (κ2) is 4.33. The summed E-state index contributed by atoms with van der Waals surface area (Å²) in [5.74, 6) is -1.71. The highest BCUT2D eigenvalue weighted by atomic mass is 19.3. The molecule has 0 saturated heterocycles. The molecule has 0 radical (unpaired) electrons. The van der Waals surface area contributed by atoms with Crippen LogP contribution in [0.15, 0.2) is 12.1 Å². The minimum atomic E-state index is -2.81. The van der Waals surface area contributed by atoms with E-state index < -0.39 is 23.6 Å². The molecule has 0 aromatic heterocycles. The van der Waals surface area contributed by atoms with E-state index >= 15 is 0 Å². The number of benzene rings is 1. The Labute approximate surface area is 84.7 Å². The van der Waals surface area contributed by atoms with Gasteiger partial charge in [0.05, 0.1) is 18.2 Å². The first kappa shape index (κ1) is 11.6. The minimum Gasteiger partial charge on any atom is -0.496 e. The van der Waals surface area contributed by atoms with Gasteiger partial charge in [0.1, 0.15) is 11.6 Å². The van der Waals surface area contributed by atoms with Gasteiger partial charge in [-0.25, -0.2) is 13.2 Å². The highest BCUT2D eigenvalue weighted by Gasteiger charge is 2.19. The van der Waals surface area contributed by atoms with E-state index in [-0.39, 0.29) is 11.3 Å². The Hall–Kier alpha value is -1.52. The van der Waals surface area contributed by atoms with Gasteiger partial charge in [0, 0.05) is 6.07 Å². The van der Waals surface area contributed by atoms with Crippen molar-refractivity contribution in [2.45, 2.75) is 13.3 Å². The molecule has 0 aliphatic rings. The number of halogens is 3. The van der Waals surface area contributed by atoms with E-state index in [0.29, 0.717) is 0 Å². The number of alkyl halides is 2. The highest BCUT2D eigenvalue weighted by Crippen LogP contribution is 2.31. The minimum absolute atomic E-state index is 0.257. The predicted molar refractivity (Wildman–Crippen MR) is 47.9 cm³/mol. The summed E-state index contributed by atoms with van der Waals surface area (Å²) in [5.41, 5.74) is -0.838. The van der Waals surface area contributed by atoms with Crippen molar-refractivity contribution >= 4 is 5.78 Å². The number of ketones is 1. The van der Waals surface area contributed by atoms with E-state index in [1.54, 1.807) is 0 Å². The van der Waals surface area contributed by atoms with E-state index in [1.165, 1.54) is 0 Å². The Morgan fingerprint density at radius 2 is 2.00 bits per heavy atom. The zero-order valence-electron chi connectivity index (χ0n) is 8.18. The fraction of sp³-hybridized carbons (Fsp3) is 0.300. The maximum absolute atomic E-state index is 13.2. The molecule has 1 aromatic carbocycles. The number of hydrogen-bond acceptors (Lipinski definition) is 2. The summed E-state index contributed by atoms with van der Waals surface area (Å²) in [5, 5.41) is 0. The molecule has 0 saturated carbocycles. The van der Waals surface area contributed by atoms with E-state index in [1.807, 2.05) is 0 Å². The molecular weight excluding hydrogens is 209 g/mol. The molecule has 1 aromatic rings. The number of Topliss-reactive ketones (excluding diaryl/α,β-unsaturated/α-hetero) is 1. The van der Waals surface area contributed by atoms with Crippen LogP contribution >= 0.6 is 0 Å². The van der Waals surface area contributed by atoms with Crippen molar-refractivity contribution in [1.82, 2.24) is 0 Å². The van der Waals surface area contributed by atoms with Crippen LogP contribution in [0.5, 0.6) is 5.75 Å². The summed E-state index contributed by atoms with van der Waals surface area (Å²) in [4.78, 5) is 10.9. The summed E-state index contributed by atoms with van der Waals surface area (Å²) in [6, 6.07) is 1.61. The molecule has 0 fully saturated rings. The third-order valence-electron chi connectivity index (χ3n) is 1.93. The van der Waals surface area contributed by atoms with Crippen LogP contribution in [0.1, 0.15) is 29.3 Å². The van der Waals surface area contributed by atoms with Crippen LogP contribution < -0.4 is 4.74 Å². The molecule has 0 heterocycles. The smallest absolute Gasteiger partial charge is 0.267 e. The number of carbonyl (C=O) groups excluding carboxylic acids is 1. The summed E-state index contributed by atoms with van der Waals surface area (Å²) < 4.78 is 42.7. The fourth-order valence-corrected chi connectivity index (χ4v) is 1.19. The molecule has 0 spiro atoms. The van der Waals surface area contributed by atoms with Gasteiger partial charge in [-0.3, -0.25) is 4.79 Å². The normalized spacial score (nSPS) is 10.5. The number of carbonyl (C=O) groups is 1. The molecule has 82 valence electrons. The first-order valence-electron chi connectivity index (χ1n) is 4.14. The third kappa shape index (κ3) is 2.29. The Kier molecular flexibility index (Phi) is 3.34. The molecule has 0 amide bonds. The van der Waals surface area contributed by atoms with Gasteiger partial charge >= 0.3 is 0 Å². The summed E-state index contributed by atoms with van der Waals surface area (Å²) in [6.45, 7) is 1.11. The third-order valence-corrected chi connectivity index (χ3v) is 1.93. The van der Waals surface area contributed by atoms with Gasteiger partial charge in [-0.1, -0.05) is 0 Å². The van der Waals surface area contributed by atoms with Crippen molar-refractivity contribution in [2.75, 3.05) is 7.11 Å². The Morgan fingerprint density at radius 1 is 1.40 bits per heavy atom. The molecule has 2 nitrogen and oxygen atoms in total. The molecule has 0 aliphatic carbocycles. The van der Waals surface area contributed by atoms with Gasteiger partial charge in [0.2, 0.25) is 0 Å². The van der Waals surface area contributed by atoms with Crippen LogP contribution in [-0.4, -0.2) is 12.9 Å². The number of rotatable bonds is 3. The van der Waals surface area contributed by atoms with Crippen LogP contribution in [0.4, 0.5) is 13.2 Å². The maximum Gasteiger partial charge on any atom is 0.267 e. The topological polar surface area (TPSA) is 26.3 Å². The van der Waals surface area contributed by atoms with Crippen LogP contribution in [0.25, 0.3) is 0 Å². The summed E-state index contributed by atoms with van der Waals surface area (Å²) in [6.07, 6.45) is -2.81. The van der Waals surface area contributed by atoms with Crippen LogP contribution in [0.2, 0.25) is 0 Å². The monoisotopic (exact) mass is 218 g/mol. The number of methoxy groups -OCH3 is 1. The van der Waals surface area contributed by atoms with Crippen molar-refractivity contribution < 1.29 is 22.7 Å². The van der Waals surface area contributed by atoms with E-state index in [0.717, 1.165) is 26.2 Å². The molecule has 0 unspecified atom stereocenters. The quantitative estimate of drug-likeness (QED) is 0.729.